The van der Waals surface area contributed by atoms with Crippen molar-refractivity contribution in [3.8, 4) is 5.75 Å². The Kier molecular flexibility index (Phi) is 3.74. The Morgan fingerprint density at radius 1 is 1.28 bits per heavy atom. The SMILES string of the molecule is O=[N+]([O-])c1ccc(OCc2cc(Cl)ccn2)cc1. The third kappa shape index (κ3) is 3.18. The van der Waals surface area contributed by atoms with Gasteiger partial charge in [0.1, 0.15) is 12.4 Å². The number of hydrogen-bond acceptors (Lipinski definition) is 4. The van der Waals surface area contributed by atoms with Crippen molar-refractivity contribution in [1.29, 1.82) is 0 Å². The summed E-state index contributed by atoms with van der Waals surface area (Å²) in [5, 5.41) is 11.1. The Bertz CT molecular complexity index is 558. The highest BCUT2D eigenvalue weighted by atomic mass is 35.5. The average Bonchev–Trinajstić information content (AvgIpc) is 2.37. The lowest BCUT2D eigenvalue weighted by atomic mass is 10.3. The topological polar surface area (TPSA) is 65.3 Å². The first-order valence-electron chi connectivity index (χ1n) is 5.13. The molecule has 0 bridgehead atoms. The van der Waals surface area contributed by atoms with Gasteiger partial charge < -0.3 is 4.74 Å². The number of pyridine rings is 1. The molecule has 1 heterocycles. The second kappa shape index (κ2) is 5.46. The van der Waals surface area contributed by atoms with E-state index in [0.717, 1.165) is 0 Å². The van der Waals surface area contributed by atoms with Crippen LogP contribution in [0.1, 0.15) is 5.69 Å². The van der Waals surface area contributed by atoms with Crippen molar-refractivity contribution in [2.45, 2.75) is 6.61 Å². The lowest BCUT2D eigenvalue weighted by Gasteiger charge is -2.05. The predicted molar refractivity (Wildman–Crippen MR) is 66.7 cm³/mol. The number of benzene rings is 1. The summed E-state index contributed by atoms with van der Waals surface area (Å²) in [4.78, 5) is 14.1. The molecule has 0 saturated heterocycles. The normalized spacial score (nSPS) is 10.1. The molecule has 0 spiro atoms. The highest BCUT2D eigenvalue weighted by molar-refractivity contribution is 6.30. The maximum absolute atomic E-state index is 10.5. The van der Waals surface area contributed by atoms with E-state index in [1.807, 2.05) is 0 Å². The molecule has 92 valence electrons. The van der Waals surface area contributed by atoms with Crippen LogP contribution in [0.2, 0.25) is 5.02 Å². The van der Waals surface area contributed by atoms with Gasteiger partial charge in [0.15, 0.2) is 0 Å². The van der Waals surface area contributed by atoms with Crippen molar-refractivity contribution in [2.75, 3.05) is 0 Å². The van der Waals surface area contributed by atoms with Gasteiger partial charge in [0.2, 0.25) is 0 Å². The summed E-state index contributed by atoms with van der Waals surface area (Å²) in [5.41, 5.74) is 0.726. The maximum Gasteiger partial charge on any atom is 0.269 e. The van der Waals surface area contributed by atoms with Crippen molar-refractivity contribution in [1.82, 2.24) is 4.98 Å². The second-order valence-corrected chi connectivity index (χ2v) is 3.94. The van der Waals surface area contributed by atoms with Crippen molar-refractivity contribution < 1.29 is 9.66 Å². The van der Waals surface area contributed by atoms with Crippen molar-refractivity contribution in [3.05, 3.63) is 63.4 Å². The van der Waals surface area contributed by atoms with Crippen molar-refractivity contribution in [3.63, 3.8) is 0 Å². The number of nitro groups is 1. The third-order valence-corrected chi connectivity index (χ3v) is 2.45. The van der Waals surface area contributed by atoms with Crippen LogP contribution in [0.25, 0.3) is 0 Å². The van der Waals surface area contributed by atoms with E-state index < -0.39 is 4.92 Å². The van der Waals surface area contributed by atoms with Gasteiger partial charge in [-0.15, -0.1) is 0 Å². The number of halogens is 1. The monoisotopic (exact) mass is 264 g/mol. The highest BCUT2D eigenvalue weighted by Gasteiger charge is 2.04. The number of ether oxygens (including phenoxy) is 1. The van der Waals surface area contributed by atoms with Gasteiger partial charge in [-0.3, -0.25) is 15.1 Å². The zero-order chi connectivity index (χ0) is 13.0. The van der Waals surface area contributed by atoms with Crippen LogP contribution in [-0.4, -0.2) is 9.91 Å². The van der Waals surface area contributed by atoms with E-state index in [-0.39, 0.29) is 12.3 Å². The fraction of sp³-hybridized carbons (Fsp3) is 0.0833. The fourth-order valence-corrected chi connectivity index (χ4v) is 1.53. The lowest BCUT2D eigenvalue weighted by Crippen LogP contribution is -1.98. The molecule has 6 heteroatoms. The largest absolute Gasteiger partial charge is 0.487 e. The van der Waals surface area contributed by atoms with E-state index in [2.05, 4.69) is 4.98 Å². The molecular formula is C12H9ClN2O3. The molecule has 0 amide bonds. The Hall–Kier alpha value is -2.14. The standard InChI is InChI=1S/C12H9ClN2O3/c13-9-5-6-14-10(7-9)8-18-12-3-1-11(2-4-12)15(16)17/h1-7H,8H2. The van der Waals surface area contributed by atoms with Gasteiger partial charge in [-0.1, -0.05) is 11.6 Å². The summed E-state index contributed by atoms with van der Waals surface area (Å²) in [6, 6.07) is 9.25. The molecule has 0 fully saturated rings. The van der Waals surface area contributed by atoms with Crippen LogP contribution in [0.5, 0.6) is 5.75 Å². The number of hydrogen-bond donors (Lipinski definition) is 0. The van der Waals surface area contributed by atoms with E-state index in [0.29, 0.717) is 16.5 Å². The summed E-state index contributed by atoms with van der Waals surface area (Å²) >= 11 is 5.81. The minimum Gasteiger partial charge on any atom is -0.487 e. The van der Waals surface area contributed by atoms with Gasteiger partial charge in [0, 0.05) is 23.4 Å². The molecule has 0 unspecified atom stereocenters. The first-order chi connectivity index (χ1) is 8.65. The van der Waals surface area contributed by atoms with E-state index in [4.69, 9.17) is 16.3 Å². The Morgan fingerprint density at radius 2 is 2.00 bits per heavy atom. The van der Waals surface area contributed by atoms with Gasteiger partial charge in [-0.05, 0) is 24.3 Å². The number of non-ortho nitro benzene ring substituents is 1. The van der Waals surface area contributed by atoms with Crippen LogP contribution >= 0.6 is 11.6 Å². The Morgan fingerprint density at radius 3 is 2.61 bits per heavy atom. The first-order valence-corrected chi connectivity index (χ1v) is 5.50. The summed E-state index contributed by atoms with van der Waals surface area (Å²) in [6.45, 7) is 0.262. The molecule has 0 N–H and O–H groups in total. The molecule has 1 aromatic carbocycles. The fourth-order valence-electron chi connectivity index (χ4n) is 1.35. The predicted octanol–water partition coefficient (Wildman–Crippen LogP) is 3.22. The van der Waals surface area contributed by atoms with E-state index >= 15 is 0 Å². The molecule has 5 nitrogen and oxygen atoms in total. The molecular weight excluding hydrogens is 256 g/mol. The Balaban J connectivity index is 2.00. The lowest BCUT2D eigenvalue weighted by molar-refractivity contribution is -0.384. The minimum atomic E-state index is -0.456. The van der Waals surface area contributed by atoms with Gasteiger partial charge in [0.05, 0.1) is 10.6 Å². The minimum absolute atomic E-state index is 0.0308. The van der Waals surface area contributed by atoms with Crippen LogP contribution in [0, 0.1) is 10.1 Å². The van der Waals surface area contributed by atoms with Gasteiger partial charge in [-0.2, -0.15) is 0 Å². The Labute approximate surface area is 108 Å². The van der Waals surface area contributed by atoms with Gasteiger partial charge in [-0.25, -0.2) is 0 Å². The molecule has 1 aromatic heterocycles. The van der Waals surface area contributed by atoms with Crippen LogP contribution < -0.4 is 4.74 Å². The molecule has 2 rings (SSSR count). The number of rotatable bonds is 4. The smallest absolute Gasteiger partial charge is 0.269 e. The quantitative estimate of drug-likeness (QED) is 0.628. The molecule has 2 aromatic rings. The van der Waals surface area contributed by atoms with Crippen molar-refractivity contribution >= 4 is 17.3 Å². The van der Waals surface area contributed by atoms with Gasteiger partial charge >= 0.3 is 0 Å². The van der Waals surface area contributed by atoms with E-state index in [1.54, 1.807) is 30.5 Å². The average molecular weight is 265 g/mol. The maximum atomic E-state index is 10.5. The van der Waals surface area contributed by atoms with Gasteiger partial charge in [0.25, 0.3) is 5.69 Å². The van der Waals surface area contributed by atoms with Crippen molar-refractivity contribution in [2.24, 2.45) is 0 Å². The van der Waals surface area contributed by atoms with E-state index in [9.17, 15) is 10.1 Å². The van der Waals surface area contributed by atoms with Crippen LogP contribution in [0.4, 0.5) is 5.69 Å². The number of aromatic nitrogens is 1. The molecule has 0 aliphatic carbocycles. The third-order valence-electron chi connectivity index (χ3n) is 2.21. The molecule has 18 heavy (non-hydrogen) atoms. The molecule has 0 radical (unpaired) electrons. The summed E-state index contributed by atoms with van der Waals surface area (Å²) < 4.78 is 5.44. The van der Waals surface area contributed by atoms with Crippen LogP contribution in [0.15, 0.2) is 42.6 Å². The first kappa shape index (κ1) is 12.3. The van der Waals surface area contributed by atoms with Crippen LogP contribution in [-0.2, 0) is 6.61 Å². The highest BCUT2D eigenvalue weighted by Crippen LogP contribution is 2.18. The van der Waals surface area contributed by atoms with E-state index in [1.165, 1.54) is 12.1 Å². The zero-order valence-corrected chi connectivity index (χ0v) is 10.0. The molecule has 0 aliphatic rings. The molecule has 0 saturated carbocycles. The summed E-state index contributed by atoms with van der Waals surface area (Å²) in [5.74, 6) is 0.544. The summed E-state index contributed by atoms with van der Waals surface area (Å²) in [6.07, 6.45) is 1.59. The number of nitrogens with zero attached hydrogens (tertiary/aromatic N) is 2. The molecule has 0 atom stereocenters. The summed E-state index contributed by atoms with van der Waals surface area (Å²) in [7, 11) is 0. The number of nitro benzene ring substituents is 1. The second-order valence-electron chi connectivity index (χ2n) is 3.51. The van der Waals surface area contributed by atoms with Crippen LogP contribution in [0.3, 0.4) is 0 Å². The zero-order valence-electron chi connectivity index (χ0n) is 9.25. The molecule has 0 aliphatic heterocycles.